The van der Waals surface area contributed by atoms with Gasteiger partial charge in [0.15, 0.2) is 0 Å². The van der Waals surface area contributed by atoms with E-state index < -0.39 is 0 Å². The fourth-order valence-electron chi connectivity index (χ4n) is 5.77. The molecule has 0 aliphatic carbocycles. The van der Waals surface area contributed by atoms with Gasteiger partial charge in [0, 0.05) is 50.7 Å². The second-order valence-electron chi connectivity index (χ2n) is 11.5. The summed E-state index contributed by atoms with van der Waals surface area (Å²) in [5.41, 5.74) is 7.56. The molecule has 0 spiro atoms. The number of aromatic amines is 3. The minimum atomic E-state index is 0.632. The van der Waals surface area contributed by atoms with E-state index in [1.165, 1.54) is 11.1 Å². The van der Waals surface area contributed by atoms with Gasteiger partial charge in [-0.1, -0.05) is 0 Å². The third-order valence-electron chi connectivity index (χ3n) is 8.24. The lowest BCUT2D eigenvalue weighted by Gasteiger charge is -2.02. The number of nitrogens with zero attached hydrogens (tertiary/aromatic N) is 3. The van der Waals surface area contributed by atoms with Crippen LogP contribution in [0.2, 0.25) is 0 Å². The zero-order valence-electron chi connectivity index (χ0n) is 29.2. The zero-order valence-corrected chi connectivity index (χ0v) is 31.7. The molecule has 6 rings (SSSR count). The molecule has 6 aromatic rings. The Kier molecular flexibility index (Phi) is 13.2. The number of thiophene rings is 3. The molecule has 0 bridgehead atoms. The van der Waals surface area contributed by atoms with Crippen LogP contribution in [0.15, 0.2) is 42.2 Å². The number of rotatable bonds is 21. The van der Waals surface area contributed by atoms with Crippen molar-refractivity contribution >= 4 is 34.0 Å². The SMILES string of the molecule is CCOCCc1cc(-c2nc[nH]c2CCOCC)sc1-c1cnc(-c2ccc(-c3nc(-c4sccc4CCOCC)[nH]c3CCOCC)s2)[nH]1. The molecule has 10 nitrogen and oxygen atoms in total. The van der Waals surface area contributed by atoms with Crippen LogP contribution in [0.4, 0.5) is 0 Å². The molecule has 0 aliphatic rings. The number of imidazole rings is 3. The van der Waals surface area contributed by atoms with E-state index >= 15 is 0 Å². The number of hydrogen-bond donors (Lipinski definition) is 3. The van der Waals surface area contributed by atoms with Gasteiger partial charge in [-0.3, -0.25) is 0 Å². The van der Waals surface area contributed by atoms with Crippen LogP contribution in [0.1, 0.15) is 50.2 Å². The highest BCUT2D eigenvalue weighted by Gasteiger charge is 2.21. The molecule has 266 valence electrons. The topological polar surface area (TPSA) is 123 Å². The summed E-state index contributed by atoms with van der Waals surface area (Å²) in [5.74, 6) is 1.73. The minimum Gasteiger partial charge on any atom is -0.381 e. The van der Waals surface area contributed by atoms with Crippen molar-refractivity contribution in [2.45, 2.75) is 53.4 Å². The van der Waals surface area contributed by atoms with Crippen molar-refractivity contribution in [2.24, 2.45) is 0 Å². The van der Waals surface area contributed by atoms with Gasteiger partial charge < -0.3 is 33.9 Å². The van der Waals surface area contributed by atoms with E-state index in [1.807, 2.05) is 33.9 Å². The maximum absolute atomic E-state index is 5.75. The largest absolute Gasteiger partial charge is 0.381 e. The lowest BCUT2D eigenvalue weighted by Crippen LogP contribution is -1.99. The Morgan fingerprint density at radius 1 is 0.620 bits per heavy atom. The molecule has 0 fully saturated rings. The molecule has 50 heavy (non-hydrogen) atoms. The fraction of sp³-hybridized carbons (Fsp3) is 0.432. The molecule has 3 N–H and O–H groups in total. The predicted octanol–water partition coefficient (Wildman–Crippen LogP) is 8.69. The van der Waals surface area contributed by atoms with E-state index in [2.05, 4.69) is 49.6 Å². The van der Waals surface area contributed by atoms with Gasteiger partial charge in [0.05, 0.1) is 69.0 Å². The second-order valence-corrected chi connectivity index (χ2v) is 14.5. The molecule has 0 aromatic carbocycles. The van der Waals surface area contributed by atoms with Gasteiger partial charge in [0.25, 0.3) is 0 Å². The molecule has 0 saturated carbocycles. The quantitative estimate of drug-likeness (QED) is 0.0633. The second kappa shape index (κ2) is 18.2. The number of ether oxygens (including phenoxy) is 4. The summed E-state index contributed by atoms with van der Waals surface area (Å²) in [7, 11) is 0. The minimum absolute atomic E-state index is 0.632. The standard InChI is InChI=1S/C37H46N6O4S3/c1-5-44-16-11-24-15-20-48-35(24)37-41-27(14-19-47-8-4)33(43-37)29-9-10-30(49-29)36-38-22-28(42-36)34-25(12-17-45-6-2)21-31(50-34)32-26(39-23-40-32)13-18-46-7-3/h9-10,15,20-23H,5-8,11-14,16-19H2,1-4H3,(H,38,42)(H,39,40)(H,41,43). The van der Waals surface area contributed by atoms with Crippen molar-refractivity contribution in [1.29, 1.82) is 0 Å². The maximum atomic E-state index is 5.75. The van der Waals surface area contributed by atoms with E-state index in [9.17, 15) is 0 Å². The molecular formula is C37H46N6O4S3. The first-order chi connectivity index (χ1) is 24.6. The third kappa shape index (κ3) is 8.71. The van der Waals surface area contributed by atoms with E-state index in [0.717, 1.165) is 90.2 Å². The third-order valence-corrected chi connectivity index (χ3v) is 11.5. The molecule has 6 heterocycles. The zero-order chi connectivity index (χ0) is 34.7. The van der Waals surface area contributed by atoms with Crippen LogP contribution in [0, 0.1) is 0 Å². The van der Waals surface area contributed by atoms with Gasteiger partial charge >= 0.3 is 0 Å². The van der Waals surface area contributed by atoms with Gasteiger partial charge in [-0.05, 0) is 81.3 Å². The summed E-state index contributed by atoms with van der Waals surface area (Å²) < 4.78 is 22.7. The molecule has 0 atom stereocenters. The number of nitrogens with one attached hydrogen (secondary N) is 3. The van der Waals surface area contributed by atoms with Crippen molar-refractivity contribution in [2.75, 3.05) is 52.9 Å². The Balaban J connectivity index is 1.27. The average molecular weight is 735 g/mol. The van der Waals surface area contributed by atoms with Crippen molar-refractivity contribution < 1.29 is 18.9 Å². The summed E-state index contributed by atoms with van der Waals surface area (Å²) in [6.07, 6.45) is 6.91. The van der Waals surface area contributed by atoms with Crippen LogP contribution in [-0.4, -0.2) is 82.8 Å². The summed E-state index contributed by atoms with van der Waals surface area (Å²) in [6, 6.07) is 8.70. The summed E-state index contributed by atoms with van der Waals surface area (Å²) in [5, 5.41) is 2.13. The van der Waals surface area contributed by atoms with Crippen LogP contribution in [-0.2, 0) is 44.6 Å². The van der Waals surface area contributed by atoms with E-state index in [4.69, 9.17) is 28.9 Å². The van der Waals surface area contributed by atoms with Crippen molar-refractivity contribution in [1.82, 2.24) is 29.9 Å². The van der Waals surface area contributed by atoms with E-state index in [-0.39, 0.29) is 0 Å². The molecule has 0 saturated heterocycles. The normalized spacial score (nSPS) is 11.7. The molecular weight excluding hydrogens is 689 g/mol. The highest BCUT2D eigenvalue weighted by atomic mass is 32.1. The van der Waals surface area contributed by atoms with Gasteiger partial charge in [-0.15, -0.1) is 34.0 Å². The fourth-order valence-corrected chi connectivity index (χ4v) is 8.84. The van der Waals surface area contributed by atoms with E-state index in [0.29, 0.717) is 52.9 Å². The Morgan fingerprint density at radius 2 is 1.30 bits per heavy atom. The van der Waals surface area contributed by atoms with Crippen LogP contribution in [0.5, 0.6) is 0 Å². The highest BCUT2D eigenvalue weighted by molar-refractivity contribution is 7.19. The predicted molar refractivity (Wildman–Crippen MR) is 204 cm³/mol. The highest BCUT2D eigenvalue weighted by Crippen LogP contribution is 2.41. The van der Waals surface area contributed by atoms with Crippen LogP contribution in [0.25, 0.3) is 53.1 Å². The molecule has 0 amide bonds. The monoisotopic (exact) mass is 734 g/mol. The van der Waals surface area contributed by atoms with Gasteiger partial charge in [0.2, 0.25) is 0 Å². The van der Waals surface area contributed by atoms with Crippen LogP contribution >= 0.6 is 34.0 Å². The Morgan fingerprint density at radius 3 is 2.04 bits per heavy atom. The Bertz CT molecular complexity index is 1780. The van der Waals surface area contributed by atoms with Crippen LogP contribution < -0.4 is 0 Å². The number of hydrogen-bond acceptors (Lipinski definition) is 10. The van der Waals surface area contributed by atoms with Crippen molar-refractivity contribution in [3.05, 3.63) is 64.7 Å². The lowest BCUT2D eigenvalue weighted by atomic mass is 10.1. The van der Waals surface area contributed by atoms with Gasteiger partial charge in [0.1, 0.15) is 23.0 Å². The van der Waals surface area contributed by atoms with Gasteiger partial charge in [-0.2, -0.15) is 0 Å². The molecule has 13 heteroatoms. The summed E-state index contributed by atoms with van der Waals surface area (Å²) in [4.78, 5) is 30.9. The number of H-pyrrole nitrogens is 3. The number of aromatic nitrogens is 6. The smallest absolute Gasteiger partial charge is 0.148 e. The first-order valence-corrected chi connectivity index (χ1v) is 19.9. The van der Waals surface area contributed by atoms with Crippen molar-refractivity contribution in [3.8, 4) is 53.1 Å². The summed E-state index contributed by atoms with van der Waals surface area (Å²) in [6.45, 7) is 13.5. The molecule has 0 unspecified atom stereocenters. The first kappa shape index (κ1) is 36.4. The van der Waals surface area contributed by atoms with Crippen molar-refractivity contribution in [3.63, 3.8) is 0 Å². The molecule has 6 aromatic heterocycles. The van der Waals surface area contributed by atoms with E-state index in [1.54, 1.807) is 40.3 Å². The van der Waals surface area contributed by atoms with Gasteiger partial charge in [-0.25, -0.2) is 15.0 Å². The molecule has 0 aliphatic heterocycles. The average Bonchev–Trinajstić information content (AvgIpc) is 3.96. The summed E-state index contributed by atoms with van der Waals surface area (Å²) >= 11 is 5.14. The lowest BCUT2D eigenvalue weighted by molar-refractivity contribution is 0.150. The Labute approximate surface area is 305 Å². The Hall–Kier alpha value is -3.43. The molecule has 0 radical (unpaired) electrons. The first-order valence-electron chi connectivity index (χ1n) is 17.4. The van der Waals surface area contributed by atoms with Crippen LogP contribution in [0.3, 0.4) is 0 Å². The maximum Gasteiger partial charge on any atom is 0.148 e.